The molecule has 0 spiro atoms. The van der Waals surface area contributed by atoms with E-state index in [4.69, 9.17) is 4.52 Å². The highest BCUT2D eigenvalue weighted by Gasteiger charge is 2.30. The number of hydrogen-bond acceptors (Lipinski definition) is 5. The Labute approximate surface area is 170 Å². The molecule has 0 radical (unpaired) electrons. The van der Waals surface area contributed by atoms with Crippen LogP contribution in [-0.2, 0) is 17.8 Å². The summed E-state index contributed by atoms with van der Waals surface area (Å²) in [4.78, 5) is 24.5. The Balaban J connectivity index is 1.22. The summed E-state index contributed by atoms with van der Waals surface area (Å²) in [5.41, 5.74) is 2.46. The summed E-state index contributed by atoms with van der Waals surface area (Å²) in [6.45, 7) is 3.69. The van der Waals surface area contributed by atoms with Gasteiger partial charge in [0.05, 0.1) is 6.04 Å². The van der Waals surface area contributed by atoms with Crippen molar-refractivity contribution in [2.45, 2.75) is 51.1 Å². The van der Waals surface area contributed by atoms with Gasteiger partial charge in [-0.1, -0.05) is 11.2 Å². The molecule has 2 aromatic heterocycles. The van der Waals surface area contributed by atoms with Crippen LogP contribution in [0.5, 0.6) is 0 Å². The van der Waals surface area contributed by atoms with Crippen LogP contribution < -0.4 is 0 Å². The molecular formula is C22H27N5O2. The maximum absolute atomic E-state index is 12.2. The molecule has 2 fully saturated rings. The first-order valence-corrected chi connectivity index (χ1v) is 10.7. The minimum Gasteiger partial charge on any atom is -0.361 e. The summed E-state index contributed by atoms with van der Waals surface area (Å²) < 4.78 is 5.47. The number of aryl methyl sites for hydroxylation is 1. The highest BCUT2D eigenvalue weighted by Crippen LogP contribution is 2.32. The Hall–Kier alpha value is -2.67. The monoisotopic (exact) mass is 393 g/mol. The highest BCUT2D eigenvalue weighted by molar-refractivity contribution is 5.79. The smallest absolute Gasteiger partial charge is 0.227 e. The standard InChI is InChI=1S/C22H27N5O2/c28-21(26-11-1-2-12-26)8-7-20-24-22(25-29-20)19-4-3-13-27(19)15-16-5-6-18-17(14-16)9-10-23-18/h5-6,9-10,14,19,23H,1-4,7-8,11-13,15H2. The largest absolute Gasteiger partial charge is 0.361 e. The number of aromatic nitrogens is 3. The zero-order chi connectivity index (χ0) is 19.6. The van der Waals surface area contributed by atoms with Crippen molar-refractivity contribution < 1.29 is 9.32 Å². The lowest BCUT2D eigenvalue weighted by atomic mass is 10.1. The van der Waals surface area contributed by atoms with Crippen LogP contribution in [0.15, 0.2) is 35.0 Å². The fraction of sp³-hybridized carbons (Fsp3) is 0.500. The predicted octanol–water partition coefficient (Wildman–Crippen LogP) is 3.44. The van der Waals surface area contributed by atoms with Gasteiger partial charge >= 0.3 is 0 Å². The third kappa shape index (κ3) is 3.92. The van der Waals surface area contributed by atoms with Crippen LogP contribution >= 0.6 is 0 Å². The molecule has 4 heterocycles. The van der Waals surface area contributed by atoms with Crippen LogP contribution in [0.4, 0.5) is 0 Å². The number of nitrogens with one attached hydrogen (secondary N) is 1. The molecule has 2 aliphatic rings. The quantitative estimate of drug-likeness (QED) is 0.694. The number of nitrogens with zero attached hydrogens (tertiary/aromatic N) is 4. The van der Waals surface area contributed by atoms with Crippen LogP contribution in [0.2, 0.25) is 0 Å². The third-order valence-electron chi connectivity index (χ3n) is 6.16. The molecule has 1 N–H and O–H groups in total. The number of rotatable bonds is 6. The molecule has 29 heavy (non-hydrogen) atoms. The summed E-state index contributed by atoms with van der Waals surface area (Å²) in [6.07, 6.45) is 7.36. The van der Waals surface area contributed by atoms with Crippen molar-refractivity contribution in [3.63, 3.8) is 0 Å². The van der Waals surface area contributed by atoms with Gasteiger partial charge in [0, 0.05) is 44.2 Å². The van der Waals surface area contributed by atoms with Crippen molar-refractivity contribution in [1.29, 1.82) is 0 Å². The van der Waals surface area contributed by atoms with Crippen molar-refractivity contribution in [1.82, 2.24) is 24.9 Å². The van der Waals surface area contributed by atoms with Crippen LogP contribution in [0.25, 0.3) is 10.9 Å². The highest BCUT2D eigenvalue weighted by atomic mass is 16.5. The predicted molar refractivity (Wildman–Crippen MR) is 109 cm³/mol. The summed E-state index contributed by atoms with van der Waals surface area (Å²) in [5, 5.41) is 5.49. The fourth-order valence-electron chi connectivity index (χ4n) is 4.59. The number of amides is 1. The molecule has 0 aliphatic carbocycles. The Kier molecular flexibility index (Phi) is 5.06. The normalized spacial score (nSPS) is 20.1. The van der Waals surface area contributed by atoms with Gasteiger partial charge in [-0.3, -0.25) is 9.69 Å². The van der Waals surface area contributed by atoms with E-state index in [0.29, 0.717) is 18.7 Å². The van der Waals surface area contributed by atoms with Crippen molar-refractivity contribution in [2.75, 3.05) is 19.6 Å². The molecule has 1 unspecified atom stereocenters. The number of likely N-dealkylation sites (tertiary alicyclic amines) is 2. The van der Waals surface area contributed by atoms with E-state index in [1.165, 1.54) is 10.9 Å². The van der Waals surface area contributed by atoms with Gasteiger partial charge in [-0.05, 0) is 61.4 Å². The minimum atomic E-state index is 0.184. The number of hydrogen-bond donors (Lipinski definition) is 1. The van der Waals surface area contributed by atoms with E-state index in [9.17, 15) is 4.79 Å². The van der Waals surface area contributed by atoms with Gasteiger partial charge in [0.25, 0.3) is 0 Å². The summed E-state index contributed by atoms with van der Waals surface area (Å²) >= 11 is 0. The van der Waals surface area contributed by atoms with Crippen molar-refractivity contribution in [3.8, 4) is 0 Å². The minimum absolute atomic E-state index is 0.184. The van der Waals surface area contributed by atoms with Gasteiger partial charge in [-0.2, -0.15) is 4.98 Å². The van der Waals surface area contributed by atoms with Crippen LogP contribution in [0.1, 0.15) is 55.4 Å². The van der Waals surface area contributed by atoms with Gasteiger partial charge in [-0.25, -0.2) is 0 Å². The Morgan fingerprint density at radius 2 is 2.07 bits per heavy atom. The zero-order valence-corrected chi connectivity index (χ0v) is 16.6. The molecule has 1 amide bonds. The number of carbonyl (C=O) groups is 1. The number of aromatic amines is 1. The molecule has 3 aromatic rings. The van der Waals surface area contributed by atoms with Gasteiger partial charge in [0.1, 0.15) is 0 Å². The van der Waals surface area contributed by atoms with Crippen LogP contribution in [0.3, 0.4) is 0 Å². The first-order valence-electron chi connectivity index (χ1n) is 10.7. The van der Waals surface area contributed by atoms with Gasteiger partial charge in [0.2, 0.25) is 11.8 Å². The summed E-state index contributed by atoms with van der Waals surface area (Å²) in [6, 6.07) is 8.85. The number of benzene rings is 1. The van der Waals surface area contributed by atoms with Crippen molar-refractivity contribution in [3.05, 3.63) is 47.7 Å². The van der Waals surface area contributed by atoms with E-state index in [1.807, 2.05) is 11.1 Å². The molecule has 7 heteroatoms. The van der Waals surface area contributed by atoms with E-state index in [-0.39, 0.29) is 11.9 Å². The average Bonchev–Trinajstić information content (AvgIpc) is 3.53. The lowest BCUT2D eigenvalue weighted by Crippen LogP contribution is -2.27. The number of carbonyl (C=O) groups excluding carboxylic acids is 1. The SMILES string of the molecule is O=C(CCc1nc(C2CCCN2Cc2ccc3[nH]ccc3c2)no1)N1CCCC1. The average molecular weight is 393 g/mol. The summed E-state index contributed by atoms with van der Waals surface area (Å²) in [7, 11) is 0. The van der Waals surface area contributed by atoms with Gasteiger partial charge < -0.3 is 14.4 Å². The zero-order valence-electron chi connectivity index (χ0n) is 16.6. The first kappa shape index (κ1) is 18.4. The molecule has 7 nitrogen and oxygen atoms in total. The molecule has 1 aromatic carbocycles. The Bertz CT molecular complexity index is 988. The van der Waals surface area contributed by atoms with E-state index >= 15 is 0 Å². The van der Waals surface area contributed by atoms with Crippen LogP contribution in [-0.4, -0.2) is 50.5 Å². The van der Waals surface area contributed by atoms with Gasteiger partial charge in [0.15, 0.2) is 5.82 Å². The lowest BCUT2D eigenvalue weighted by Gasteiger charge is -2.21. The summed E-state index contributed by atoms with van der Waals surface area (Å²) in [5.74, 6) is 1.53. The number of fused-ring (bicyclic) bond motifs is 1. The van der Waals surface area contributed by atoms with Crippen LogP contribution in [0, 0.1) is 0 Å². The van der Waals surface area contributed by atoms with Gasteiger partial charge in [-0.15, -0.1) is 0 Å². The second kappa shape index (κ2) is 7.99. The van der Waals surface area contributed by atoms with Crippen molar-refractivity contribution in [2.24, 2.45) is 0 Å². The molecule has 1 atom stereocenters. The Morgan fingerprint density at radius 1 is 1.17 bits per heavy atom. The topological polar surface area (TPSA) is 78.3 Å². The second-order valence-electron chi connectivity index (χ2n) is 8.16. The fourth-order valence-corrected chi connectivity index (χ4v) is 4.59. The van der Waals surface area contributed by atoms with E-state index in [0.717, 1.165) is 63.2 Å². The maximum Gasteiger partial charge on any atom is 0.227 e. The maximum atomic E-state index is 12.2. The second-order valence-corrected chi connectivity index (χ2v) is 8.16. The molecular weight excluding hydrogens is 366 g/mol. The van der Waals surface area contributed by atoms with E-state index in [2.05, 4.69) is 44.3 Å². The molecule has 2 saturated heterocycles. The third-order valence-corrected chi connectivity index (χ3v) is 6.16. The molecule has 2 aliphatic heterocycles. The Morgan fingerprint density at radius 3 is 2.97 bits per heavy atom. The molecule has 5 rings (SSSR count). The molecule has 152 valence electrons. The van der Waals surface area contributed by atoms with Crippen molar-refractivity contribution >= 4 is 16.8 Å². The first-order chi connectivity index (χ1) is 14.3. The van der Waals surface area contributed by atoms with E-state index in [1.54, 1.807) is 0 Å². The number of H-pyrrole nitrogens is 1. The van der Waals surface area contributed by atoms with E-state index < -0.39 is 0 Å². The molecule has 0 bridgehead atoms. The molecule has 0 saturated carbocycles. The lowest BCUT2D eigenvalue weighted by molar-refractivity contribution is -0.130.